The van der Waals surface area contributed by atoms with E-state index in [9.17, 15) is 9.59 Å². The average molecular weight is 358 g/mol. The van der Waals surface area contributed by atoms with Gasteiger partial charge in [0.1, 0.15) is 11.3 Å². The quantitative estimate of drug-likeness (QED) is 0.817. The Labute approximate surface area is 153 Å². The van der Waals surface area contributed by atoms with Gasteiger partial charge in [-0.1, -0.05) is 6.07 Å². The highest BCUT2D eigenvalue weighted by Gasteiger charge is 2.30. The van der Waals surface area contributed by atoms with Gasteiger partial charge in [-0.3, -0.25) is 9.59 Å². The van der Waals surface area contributed by atoms with Crippen LogP contribution >= 0.6 is 0 Å². The number of rotatable bonds is 5. The van der Waals surface area contributed by atoms with Gasteiger partial charge in [0.25, 0.3) is 5.91 Å². The molecule has 2 amide bonds. The van der Waals surface area contributed by atoms with Crippen LogP contribution in [0.4, 0.5) is 0 Å². The molecule has 0 spiro atoms. The van der Waals surface area contributed by atoms with Crippen LogP contribution in [0.3, 0.4) is 0 Å². The maximum atomic E-state index is 13.2. The molecule has 3 heterocycles. The van der Waals surface area contributed by atoms with Crippen LogP contribution in [0.2, 0.25) is 0 Å². The van der Waals surface area contributed by atoms with Crippen molar-refractivity contribution < 1.29 is 14.3 Å². The number of piperidine rings is 1. The number of imidazole rings is 1. The number of aromatic nitrogens is 2. The molecule has 0 unspecified atom stereocenters. The second-order valence-electron chi connectivity index (χ2n) is 6.78. The molecule has 1 aliphatic rings. The molecule has 2 aromatic rings. The molecule has 1 fully saturated rings. The van der Waals surface area contributed by atoms with Crippen molar-refractivity contribution in [3.63, 3.8) is 0 Å². The van der Waals surface area contributed by atoms with Gasteiger partial charge in [0.2, 0.25) is 5.91 Å². The first-order valence-corrected chi connectivity index (χ1v) is 9.01. The lowest BCUT2D eigenvalue weighted by Crippen LogP contribution is -2.49. The SMILES string of the molecule is COCCN(C(=O)c1cn2cccc(C)c2n1)C1CCN(C(C)=O)CC1. The van der Waals surface area contributed by atoms with Gasteiger partial charge < -0.3 is 18.9 Å². The number of amides is 2. The van der Waals surface area contributed by atoms with E-state index in [1.807, 2.05) is 39.5 Å². The maximum absolute atomic E-state index is 13.2. The Morgan fingerprint density at radius 1 is 1.35 bits per heavy atom. The molecule has 7 nitrogen and oxygen atoms in total. The van der Waals surface area contributed by atoms with E-state index >= 15 is 0 Å². The zero-order valence-electron chi connectivity index (χ0n) is 15.6. The van der Waals surface area contributed by atoms with Gasteiger partial charge in [-0.15, -0.1) is 0 Å². The summed E-state index contributed by atoms with van der Waals surface area (Å²) >= 11 is 0. The van der Waals surface area contributed by atoms with Crippen LogP contribution in [0, 0.1) is 6.92 Å². The Balaban J connectivity index is 1.81. The number of nitrogens with zero attached hydrogens (tertiary/aromatic N) is 4. The Morgan fingerprint density at radius 2 is 2.08 bits per heavy atom. The molecule has 0 radical (unpaired) electrons. The highest BCUT2D eigenvalue weighted by molar-refractivity contribution is 5.93. The monoisotopic (exact) mass is 358 g/mol. The van der Waals surface area contributed by atoms with Crippen LogP contribution in [-0.4, -0.2) is 70.4 Å². The third-order valence-corrected chi connectivity index (χ3v) is 5.04. The standard InChI is InChI=1S/C19H26N4O3/c1-14-5-4-8-22-13-17(20-18(14)22)19(25)23(11-12-26-3)16-6-9-21(10-7-16)15(2)24/h4-5,8,13,16H,6-7,9-12H2,1-3H3. The summed E-state index contributed by atoms with van der Waals surface area (Å²) in [6.07, 6.45) is 5.25. The van der Waals surface area contributed by atoms with Crippen LogP contribution < -0.4 is 0 Å². The minimum absolute atomic E-state index is 0.0774. The number of hydrogen-bond acceptors (Lipinski definition) is 4. The van der Waals surface area contributed by atoms with Crippen molar-refractivity contribution in [2.45, 2.75) is 32.7 Å². The van der Waals surface area contributed by atoms with Gasteiger partial charge in [0.05, 0.1) is 6.61 Å². The number of methoxy groups -OCH3 is 1. The molecule has 140 valence electrons. The van der Waals surface area contributed by atoms with E-state index in [4.69, 9.17) is 4.74 Å². The summed E-state index contributed by atoms with van der Waals surface area (Å²) in [4.78, 5) is 32.9. The number of hydrogen-bond donors (Lipinski definition) is 0. The summed E-state index contributed by atoms with van der Waals surface area (Å²) in [5.74, 6) is 0.0143. The molecular weight excluding hydrogens is 332 g/mol. The topological polar surface area (TPSA) is 67.2 Å². The van der Waals surface area contributed by atoms with Crippen molar-refractivity contribution in [2.75, 3.05) is 33.4 Å². The van der Waals surface area contributed by atoms with Crippen molar-refractivity contribution in [1.82, 2.24) is 19.2 Å². The summed E-state index contributed by atoms with van der Waals surface area (Å²) in [6, 6.07) is 4.02. The fourth-order valence-corrected chi connectivity index (χ4v) is 3.54. The van der Waals surface area contributed by atoms with Gasteiger partial charge >= 0.3 is 0 Å². The first kappa shape index (κ1) is 18.4. The maximum Gasteiger partial charge on any atom is 0.274 e. The lowest BCUT2D eigenvalue weighted by molar-refractivity contribution is -0.130. The van der Waals surface area contributed by atoms with Gasteiger partial charge in [0, 0.05) is 52.1 Å². The van der Waals surface area contributed by atoms with E-state index in [2.05, 4.69) is 4.98 Å². The summed E-state index contributed by atoms with van der Waals surface area (Å²) in [6.45, 7) is 5.93. The van der Waals surface area contributed by atoms with Gasteiger partial charge in [-0.25, -0.2) is 4.98 Å². The molecule has 2 aromatic heterocycles. The first-order chi connectivity index (χ1) is 12.5. The molecular formula is C19H26N4O3. The number of likely N-dealkylation sites (tertiary alicyclic amines) is 1. The third-order valence-electron chi connectivity index (χ3n) is 5.04. The summed E-state index contributed by atoms with van der Waals surface area (Å²) in [5, 5.41) is 0. The molecule has 0 aliphatic carbocycles. The summed E-state index contributed by atoms with van der Waals surface area (Å²) < 4.78 is 7.09. The van der Waals surface area contributed by atoms with E-state index in [1.165, 1.54) is 0 Å². The highest BCUT2D eigenvalue weighted by atomic mass is 16.5. The Kier molecular flexibility index (Phi) is 5.56. The predicted octanol–water partition coefficient (Wildman–Crippen LogP) is 1.74. The smallest absolute Gasteiger partial charge is 0.274 e. The molecule has 0 N–H and O–H groups in total. The fraction of sp³-hybridized carbons (Fsp3) is 0.526. The second kappa shape index (κ2) is 7.86. The minimum Gasteiger partial charge on any atom is -0.383 e. The van der Waals surface area contributed by atoms with Gasteiger partial charge in [-0.05, 0) is 31.4 Å². The zero-order chi connectivity index (χ0) is 18.7. The minimum atomic E-state index is -0.0774. The molecule has 7 heteroatoms. The second-order valence-corrected chi connectivity index (χ2v) is 6.78. The van der Waals surface area contributed by atoms with Crippen molar-refractivity contribution in [2.24, 2.45) is 0 Å². The first-order valence-electron chi connectivity index (χ1n) is 9.01. The number of aryl methyl sites for hydroxylation is 1. The molecule has 0 bridgehead atoms. The lowest BCUT2D eigenvalue weighted by Gasteiger charge is -2.38. The molecule has 0 atom stereocenters. The molecule has 1 saturated heterocycles. The number of pyridine rings is 1. The summed E-state index contributed by atoms with van der Waals surface area (Å²) in [5.41, 5.74) is 2.28. The Hall–Kier alpha value is -2.41. The van der Waals surface area contributed by atoms with Gasteiger partial charge in [0.15, 0.2) is 0 Å². The van der Waals surface area contributed by atoms with E-state index in [-0.39, 0.29) is 17.9 Å². The Morgan fingerprint density at radius 3 is 2.69 bits per heavy atom. The van der Waals surface area contributed by atoms with Crippen molar-refractivity contribution in [3.05, 3.63) is 35.8 Å². The average Bonchev–Trinajstić information content (AvgIpc) is 3.08. The van der Waals surface area contributed by atoms with Crippen molar-refractivity contribution in [1.29, 1.82) is 0 Å². The van der Waals surface area contributed by atoms with Crippen LogP contribution in [0.5, 0.6) is 0 Å². The van der Waals surface area contributed by atoms with Gasteiger partial charge in [-0.2, -0.15) is 0 Å². The van der Waals surface area contributed by atoms with Crippen molar-refractivity contribution in [3.8, 4) is 0 Å². The van der Waals surface area contributed by atoms with Crippen LogP contribution in [-0.2, 0) is 9.53 Å². The highest BCUT2D eigenvalue weighted by Crippen LogP contribution is 2.20. The largest absolute Gasteiger partial charge is 0.383 e. The van der Waals surface area contributed by atoms with E-state index in [1.54, 1.807) is 20.2 Å². The normalized spacial score (nSPS) is 15.4. The predicted molar refractivity (Wildman–Crippen MR) is 98.1 cm³/mol. The fourth-order valence-electron chi connectivity index (χ4n) is 3.54. The van der Waals surface area contributed by atoms with Crippen molar-refractivity contribution >= 4 is 17.5 Å². The van der Waals surface area contributed by atoms with E-state index < -0.39 is 0 Å². The Bertz CT molecular complexity index is 793. The van der Waals surface area contributed by atoms with Crippen LogP contribution in [0.1, 0.15) is 35.8 Å². The molecule has 0 aromatic carbocycles. The number of fused-ring (bicyclic) bond motifs is 1. The number of ether oxygens (including phenoxy) is 1. The van der Waals surface area contributed by atoms with E-state index in [0.29, 0.717) is 31.9 Å². The van der Waals surface area contributed by atoms with Crippen LogP contribution in [0.15, 0.2) is 24.5 Å². The van der Waals surface area contributed by atoms with Crippen LogP contribution in [0.25, 0.3) is 5.65 Å². The molecule has 0 saturated carbocycles. The zero-order valence-corrected chi connectivity index (χ0v) is 15.6. The molecule has 3 rings (SSSR count). The lowest BCUT2D eigenvalue weighted by atomic mass is 10.0. The number of carbonyl (C=O) groups is 2. The molecule has 1 aliphatic heterocycles. The summed E-state index contributed by atoms with van der Waals surface area (Å²) in [7, 11) is 1.63. The third kappa shape index (κ3) is 3.72. The van der Waals surface area contributed by atoms with E-state index in [0.717, 1.165) is 24.1 Å². The number of carbonyl (C=O) groups excluding carboxylic acids is 2. The molecule has 26 heavy (non-hydrogen) atoms.